The molecule has 1 fully saturated rings. The molecule has 4 nitrogen and oxygen atoms in total. The summed E-state index contributed by atoms with van der Waals surface area (Å²) in [5, 5.41) is 13.5. The zero-order chi connectivity index (χ0) is 14.7. The van der Waals surface area contributed by atoms with Crippen LogP contribution in [-0.2, 0) is 6.54 Å². The van der Waals surface area contributed by atoms with Gasteiger partial charge in [-0.1, -0.05) is 6.07 Å². The van der Waals surface area contributed by atoms with Gasteiger partial charge in [-0.15, -0.1) is 0 Å². The first-order valence-corrected chi connectivity index (χ1v) is 7.79. The van der Waals surface area contributed by atoms with Gasteiger partial charge < -0.3 is 5.32 Å². The van der Waals surface area contributed by atoms with Crippen LogP contribution in [-0.4, -0.2) is 16.0 Å². The quantitative estimate of drug-likeness (QED) is 0.859. The summed E-state index contributed by atoms with van der Waals surface area (Å²) in [5.74, 6) is 0. The zero-order valence-corrected chi connectivity index (χ0v) is 12.7. The number of rotatable bonds is 5. The van der Waals surface area contributed by atoms with Crippen LogP contribution < -0.4 is 5.32 Å². The minimum atomic E-state index is 0.668. The van der Waals surface area contributed by atoms with Crippen molar-refractivity contribution in [3.05, 3.63) is 47.3 Å². The summed E-state index contributed by atoms with van der Waals surface area (Å²) in [6.07, 6.45) is 6.11. The second-order valence-electron chi connectivity index (χ2n) is 5.24. The number of nitrogens with one attached hydrogen (secondary N) is 1. The van der Waals surface area contributed by atoms with Gasteiger partial charge in [0.2, 0.25) is 0 Å². The fourth-order valence-electron chi connectivity index (χ4n) is 1.94. The predicted molar refractivity (Wildman–Crippen MR) is 81.9 cm³/mol. The van der Waals surface area contributed by atoms with Gasteiger partial charge in [0.15, 0.2) is 5.16 Å². The number of nitriles is 1. The van der Waals surface area contributed by atoms with Gasteiger partial charge in [-0.2, -0.15) is 5.26 Å². The predicted octanol–water partition coefficient (Wildman–Crippen LogP) is 3.06. The van der Waals surface area contributed by atoms with Gasteiger partial charge >= 0.3 is 0 Å². The summed E-state index contributed by atoms with van der Waals surface area (Å²) < 4.78 is 0. The summed E-state index contributed by atoms with van der Waals surface area (Å²) in [5.41, 5.74) is 2.85. The van der Waals surface area contributed by atoms with Crippen LogP contribution in [0.1, 0.15) is 29.5 Å². The molecule has 0 aliphatic heterocycles. The molecule has 1 aromatic carbocycles. The molecule has 0 amide bonds. The number of aromatic nitrogens is 2. The second-order valence-corrected chi connectivity index (χ2v) is 6.25. The second kappa shape index (κ2) is 6.25. The third kappa shape index (κ3) is 3.81. The van der Waals surface area contributed by atoms with Gasteiger partial charge in [0.05, 0.1) is 5.56 Å². The number of benzene rings is 1. The molecule has 0 spiro atoms. The van der Waals surface area contributed by atoms with Crippen LogP contribution in [0.3, 0.4) is 0 Å². The molecule has 0 radical (unpaired) electrons. The highest BCUT2D eigenvalue weighted by atomic mass is 32.2. The maximum atomic E-state index is 9.33. The van der Waals surface area contributed by atoms with Gasteiger partial charge in [0.1, 0.15) is 6.07 Å². The molecule has 1 aliphatic rings. The maximum Gasteiger partial charge on any atom is 0.192 e. The smallest absolute Gasteiger partial charge is 0.192 e. The average Bonchev–Trinajstić information content (AvgIpc) is 3.33. The Morgan fingerprint density at radius 3 is 2.76 bits per heavy atom. The Hall–Kier alpha value is -1.90. The molecule has 0 bridgehead atoms. The van der Waals surface area contributed by atoms with Crippen molar-refractivity contribution in [1.82, 2.24) is 15.3 Å². The van der Waals surface area contributed by atoms with Crippen LogP contribution in [0.2, 0.25) is 0 Å². The Kier molecular flexibility index (Phi) is 4.18. The Balaban J connectivity index is 1.74. The monoisotopic (exact) mass is 296 g/mol. The molecule has 1 N–H and O–H groups in total. The SMILES string of the molecule is Cc1cnc(Sc2ccc(CNC3CC3)cc2C#N)nc1. The summed E-state index contributed by atoms with van der Waals surface area (Å²) in [6, 6.07) is 8.93. The van der Waals surface area contributed by atoms with Crippen molar-refractivity contribution in [2.75, 3.05) is 0 Å². The molecule has 1 aliphatic carbocycles. The first-order chi connectivity index (χ1) is 10.2. The minimum Gasteiger partial charge on any atom is -0.310 e. The van der Waals surface area contributed by atoms with E-state index in [2.05, 4.69) is 27.4 Å². The summed E-state index contributed by atoms with van der Waals surface area (Å²) in [7, 11) is 0. The zero-order valence-electron chi connectivity index (χ0n) is 11.8. The van der Waals surface area contributed by atoms with E-state index < -0.39 is 0 Å². The molecule has 1 aromatic heterocycles. The van der Waals surface area contributed by atoms with Gasteiger partial charge in [0, 0.05) is 29.9 Å². The molecule has 5 heteroatoms. The van der Waals surface area contributed by atoms with E-state index in [4.69, 9.17) is 0 Å². The van der Waals surface area contributed by atoms with Gasteiger partial charge in [-0.05, 0) is 54.8 Å². The molecule has 106 valence electrons. The van der Waals surface area contributed by atoms with Crippen molar-refractivity contribution in [2.24, 2.45) is 0 Å². The van der Waals surface area contributed by atoms with E-state index in [1.807, 2.05) is 19.1 Å². The van der Waals surface area contributed by atoms with Crippen molar-refractivity contribution in [3.63, 3.8) is 0 Å². The lowest BCUT2D eigenvalue weighted by atomic mass is 10.1. The van der Waals surface area contributed by atoms with Crippen LogP contribution in [0.25, 0.3) is 0 Å². The van der Waals surface area contributed by atoms with Crippen LogP contribution in [0.15, 0.2) is 40.6 Å². The van der Waals surface area contributed by atoms with E-state index in [0.29, 0.717) is 16.8 Å². The number of hydrogen-bond donors (Lipinski definition) is 1. The first-order valence-electron chi connectivity index (χ1n) is 6.97. The van der Waals surface area contributed by atoms with E-state index in [-0.39, 0.29) is 0 Å². The number of hydrogen-bond acceptors (Lipinski definition) is 5. The van der Waals surface area contributed by atoms with Crippen LogP contribution in [0.4, 0.5) is 0 Å². The third-order valence-electron chi connectivity index (χ3n) is 3.30. The molecule has 1 heterocycles. The molecule has 1 saturated carbocycles. The third-order valence-corrected chi connectivity index (χ3v) is 4.26. The Morgan fingerprint density at radius 1 is 1.33 bits per heavy atom. The fraction of sp³-hybridized carbons (Fsp3) is 0.312. The normalized spacial score (nSPS) is 13.9. The van der Waals surface area contributed by atoms with E-state index in [0.717, 1.165) is 22.6 Å². The largest absolute Gasteiger partial charge is 0.310 e. The Labute approximate surface area is 128 Å². The number of aryl methyl sites for hydroxylation is 1. The van der Waals surface area contributed by atoms with Crippen molar-refractivity contribution < 1.29 is 0 Å². The van der Waals surface area contributed by atoms with Crippen LogP contribution in [0, 0.1) is 18.3 Å². The minimum absolute atomic E-state index is 0.668. The highest BCUT2D eigenvalue weighted by Crippen LogP contribution is 2.28. The lowest BCUT2D eigenvalue weighted by molar-refractivity contribution is 0.687. The van der Waals surface area contributed by atoms with E-state index >= 15 is 0 Å². The van der Waals surface area contributed by atoms with Crippen LogP contribution in [0.5, 0.6) is 0 Å². The summed E-state index contributed by atoms with van der Waals surface area (Å²) in [6.45, 7) is 2.78. The average molecular weight is 296 g/mol. The molecular weight excluding hydrogens is 280 g/mol. The van der Waals surface area contributed by atoms with Gasteiger partial charge in [0.25, 0.3) is 0 Å². The topological polar surface area (TPSA) is 61.6 Å². The molecule has 0 atom stereocenters. The Morgan fingerprint density at radius 2 is 2.10 bits per heavy atom. The first kappa shape index (κ1) is 14.1. The van der Waals surface area contributed by atoms with E-state index in [1.165, 1.54) is 24.6 Å². The van der Waals surface area contributed by atoms with Crippen molar-refractivity contribution in [3.8, 4) is 6.07 Å². The molecule has 2 aromatic rings. The number of nitrogens with zero attached hydrogens (tertiary/aromatic N) is 3. The fourth-order valence-corrected chi connectivity index (χ4v) is 2.70. The summed E-state index contributed by atoms with van der Waals surface area (Å²) in [4.78, 5) is 9.44. The highest BCUT2D eigenvalue weighted by molar-refractivity contribution is 7.99. The highest BCUT2D eigenvalue weighted by Gasteiger charge is 2.20. The van der Waals surface area contributed by atoms with Crippen LogP contribution >= 0.6 is 11.8 Å². The van der Waals surface area contributed by atoms with Gasteiger partial charge in [-0.25, -0.2) is 9.97 Å². The summed E-state index contributed by atoms with van der Waals surface area (Å²) >= 11 is 1.43. The Bertz CT molecular complexity index is 672. The van der Waals surface area contributed by atoms with Crippen molar-refractivity contribution in [2.45, 2.75) is 42.4 Å². The van der Waals surface area contributed by atoms with E-state index in [1.54, 1.807) is 12.4 Å². The van der Waals surface area contributed by atoms with Crippen molar-refractivity contribution in [1.29, 1.82) is 5.26 Å². The lowest BCUT2D eigenvalue weighted by Gasteiger charge is -2.07. The van der Waals surface area contributed by atoms with Gasteiger partial charge in [-0.3, -0.25) is 0 Å². The molecule has 0 saturated heterocycles. The molecule has 3 rings (SSSR count). The molecular formula is C16H16N4S. The molecule has 21 heavy (non-hydrogen) atoms. The maximum absolute atomic E-state index is 9.33. The van der Waals surface area contributed by atoms with Crippen molar-refractivity contribution >= 4 is 11.8 Å². The lowest BCUT2D eigenvalue weighted by Crippen LogP contribution is -2.15. The standard InChI is InChI=1S/C16H16N4S/c1-11-8-19-16(20-9-11)21-15-5-2-12(6-13(15)7-17)10-18-14-3-4-14/h2,5-6,8-9,14,18H,3-4,10H2,1H3. The molecule has 0 unspecified atom stereocenters. The van der Waals surface area contributed by atoms with E-state index in [9.17, 15) is 5.26 Å².